The quantitative estimate of drug-likeness (QED) is 0.510. The highest BCUT2D eigenvalue weighted by Crippen LogP contribution is 2.67. The number of ketones is 1. The number of anilines is 1. The molecule has 5 rings (SSSR count). The minimum Gasteiger partial charge on any atom is -0.396 e. The van der Waals surface area contributed by atoms with E-state index in [0.717, 1.165) is 51.6 Å². The average molecular weight is 478 g/mol. The number of allylic oxidation sites excluding steroid dienone is 4. The molecule has 0 spiro atoms. The van der Waals surface area contributed by atoms with E-state index in [4.69, 9.17) is 0 Å². The van der Waals surface area contributed by atoms with Gasteiger partial charge in [-0.3, -0.25) is 4.79 Å². The van der Waals surface area contributed by atoms with E-state index in [1.807, 2.05) is 6.08 Å². The first-order valence-corrected chi connectivity index (χ1v) is 14.0. The number of hydrogen-bond donors (Lipinski definition) is 2. The molecule has 0 radical (unpaired) electrons. The Balaban J connectivity index is 1.60. The van der Waals surface area contributed by atoms with Crippen molar-refractivity contribution in [1.82, 2.24) is 0 Å². The molecule has 0 bridgehead atoms. The zero-order chi connectivity index (χ0) is 24.8. The van der Waals surface area contributed by atoms with Gasteiger partial charge < -0.3 is 15.1 Å². The lowest BCUT2D eigenvalue weighted by Gasteiger charge is -2.55. The number of fused-ring (bicyclic) bond motifs is 4. The van der Waals surface area contributed by atoms with E-state index in [2.05, 4.69) is 49.9 Å². The van der Waals surface area contributed by atoms with Crippen LogP contribution in [0.5, 0.6) is 0 Å². The van der Waals surface area contributed by atoms with Crippen molar-refractivity contribution < 1.29 is 15.0 Å². The Morgan fingerprint density at radius 3 is 2.49 bits per heavy atom. The highest BCUT2D eigenvalue weighted by Gasteiger charge is 2.62. The molecule has 2 saturated carbocycles. The highest BCUT2D eigenvalue weighted by atomic mass is 16.3. The number of rotatable bonds is 7. The Kier molecular flexibility index (Phi) is 6.74. The van der Waals surface area contributed by atoms with E-state index in [1.165, 1.54) is 22.4 Å². The summed E-state index contributed by atoms with van der Waals surface area (Å²) in [5.74, 6) is 1.50. The second-order valence-corrected chi connectivity index (χ2v) is 11.7. The maximum absolute atomic E-state index is 12.2. The first-order valence-electron chi connectivity index (χ1n) is 14.0. The number of aliphatic hydroxyl groups excluding tert-OH is 1. The van der Waals surface area contributed by atoms with Gasteiger partial charge in [-0.15, -0.1) is 0 Å². The second-order valence-electron chi connectivity index (χ2n) is 11.7. The number of carbonyl (C=O) groups is 1. The molecule has 0 unspecified atom stereocenters. The minimum absolute atomic E-state index is 0.139. The van der Waals surface area contributed by atoms with Gasteiger partial charge in [-0.25, -0.2) is 0 Å². The third kappa shape index (κ3) is 4.01. The van der Waals surface area contributed by atoms with Crippen LogP contribution in [0, 0.1) is 17.3 Å². The SMILES string of the molecule is CCN(CC)c1ccc([C@H]2C[C@]3(C)[C@@H](CC[C@]3(O)CCCO)[C@@H]3CCC4=CC(=O)CCC4=C32)cc1. The Labute approximate surface area is 211 Å². The van der Waals surface area contributed by atoms with Gasteiger partial charge in [0.05, 0.1) is 5.60 Å². The summed E-state index contributed by atoms with van der Waals surface area (Å²) in [4.78, 5) is 14.6. The summed E-state index contributed by atoms with van der Waals surface area (Å²) < 4.78 is 0. The monoisotopic (exact) mass is 477 g/mol. The molecule has 4 nitrogen and oxygen atoms in total. The van der Waals surface area contributed by atoms with Crippen molar-refractivity contribution in [3.63, 3.8) is 0 Å². The average Bonchev–Trinajstić information content (AvgIpc) is 3.13. The molecule has 2 N–H and O–H groups in total. The van der Waals surface area contributed by atoms with Crippen LogP contribution in [0.15, 0.2) is 47.1 Å². The molecule has 1 aromatic rings. The van der Waals surface area contributed by atoms with Crippen LogP contribution in [-0.4, -0.2) is 41.3 Å². The molecule has 35 heavy (non-hydrogen) atoms. The van der Waals surface area contributed by atoms with Gasteiger partial charge in [0, 0.05) is 43.1 Å². The molecule has 0 saturated heterocycles. The summed E-state index contributed by atoms with van der Waals surface area (Å²) in [7, 11) is 0. The van der Waals surface area contributed by atoms with Crippen LogP contribution in [0.2, 0.25) is 0 Å². The van der Waals surface area contributed by atoms with E-state index in [-0.39, 0.29) is 23.7 Å². The summed E-state index contributed by atoms with van der Waals surface area (Å²) in [6.45, 7) is 8.87. The molecule has 190 valence electrons. The van der Waals surface area contributed by atoms with Crippen LogP contribution >= 0.6 is 0 Å². The van der Waals surface area contributed by atoms with Gasteiger partial charge in [0.15, 0.2) is 5.78 Å². The standard InChI is InChI=1S/C31H43NO3/c1-4-32(5-2)23-10-7-21(8-11-23)27-20-30(3)28(15-17-31(30,35)16-6-18-33)26-13-9-22-19-24(34)12-14-25(22)29(26)27/h7-8,10-11,19,26-28,33,35H,4-6,9,12-18,20H2,1-3H3/t26-,27+,28-,30+,31+/m0/s1. The maximum atomic E-state index is 12.2. The van der Waals surface area contributed by atoms with Crippen LogP contribution < -0.4 is 4.90 Å². The zero-order valence-corrected chi connectivity index (χ0v) is 21.9. The molecule has 4 aliphatic rings. The van der Waals surface area contributed by atoms with E-state index in [1.54, 1.807) is 5.57 Å². The van der Waals surface area contributed by atoms with Crippen LogP contribution in [0.1, 0.15) is 90.0 Å². The molecule has 0 aromatic heterocycles. The fourth-order valence-corrected chi connectivity index (χ4v) is 8.34. The molecule has 1 aromatic carbocycles. The topological polar surface area (TPSA) is 60.8 Å². The Bertz CT molecular complexity index is 1020. The third-order valence-electron chi connectivity index (χ3n) is 10.2. The molecule has 4 aliphatic carbocycles. The van der Waals surface area contributed by atoms with Crippen LogP contribution in [-0.2, 0) is 4.79 Å². The first kappa shape index (κ1) is 24.8. The van der Waals surface area contributed by atoms with Crippen molar-refractivity contribution in [2.75, 3.05) is 24.6 Å². The Morgan fingerprint density at radius 2 is 1.80 bits per heavy atom. The molecule has 0 heterocycles. The normalized spacial score (nSPS) is 34.3. The summed E-state index contributed by atoms with van der Waals surface area (Å²) in [6.07, 6.45) is 9.70. The van der Waals surface area contributed by atoms with Crippen LogP contribution in [0.25, 0.3) is 0 Å². The zero-order valence-electron chi connectivity index (χ0n) is 21.9. The molecular formula is C31H43NO3. The smallest absolute Gasteiger partial charge is 0.156 e. The van der Waals surface area contributed by atoms with E-state index in [0.29, 0.717) is 31.1 Å². The van der Waals surface area contributed by atoms with Gasteiger partial charge in [-0.2, -0.15) is 0 Å². The fourth-order valence-electron chi connectivity index (χ4n) is 8.34. The van der Waals surface area contributed by atoms with Crippen LogP contribution in [0.4, 0.5) is 5.69 Å². The molecule has 0 aliphatic heterocycles. The lowest BCUT2D eigenvalue weighted by molar-refractivity contribution is -0.114. The number of aliphatic hydroxyl groups is 2. The van der Waals surface area contributed by atoms with Gasteiger partial charge in [-0.1, -0.05) is 24.6 Å². The van der Waals surface area contributed by atoms with E-state index < -0.39 is 5.60 Å². The molecule has 2 fully saturated rings. The fraction of sp³-hybridized carbons (Fsp3) is 0.645. The van der Waals surface area contributed by atoms with Crippen molar-refractivity contribution in [3.05, 3.63) is 52.6 Å². The van der Waals surface area contributed by atoms with Gasteiger partial charge in [-0.05, 0) is 112 Å². The summed E-state index contributed by atoms with van der Waals surface area (Å²) >= 11 is 0. The highest BCUT2D eigenvalue weighted by molar-refractivity contribution is 5.93. The predicted octanol–water partition coefficient (Wildman–Crippen LogP) is 5.94. The number of benzene rings is 1. The summed E-state index contributed by atoms with van der Waals surface area (Å²) in [6, 6.07) is 9.18. The van der Waals surface area contributed by atoms with Gasteiger partial charge in [0.2, 0.25) is 0 Å². The molecular weight excluding hydrogens is 434 g/mol. The maximum Gasteiger partial charge on any atom is 0.156 e. The van der Waals surface area contributed by atoms with E-state index >= 15 is 0 Å². The largest absolute Gasteiger partial charge is 0.396 e. The Hall–Kier alpha value is -1.91. The van der Waals surface area contributed by atoms with Crippen molar-refractivity contribution >= 4 is 11.5 Å². The second kappa shape index (κ2) is 9.52. The van der Waals surface area contributed by atoms with Crippen LogP contribution in [0.3, 0.4) is 0 Å². The third-order valence-corrected chi connectivity index (χ3v) is 10.2. The van der Waals surface area contributed by atoms with E-state index in [9.17, 15) is 15.0 Å². The summed E-state index contributed by atoms with van der Waals surface area (Å²) in [5, 5.41) is 21.5. The number of hydrogen-bond acceptors (Lipinski definition) is 4. The molecule has 5 atom stereocenters. The Morgan fingerprint density at radius 1 is 1.06 bits per heavy atom. The number of carbonyl (C=O) groups excluding carboxylic acids is 1. The van der Waals surface area contributed by atoms with Crippen molar-refractivity contribution in [2.24, 2.45) is 17.3 Å². The molecule has 0 amide bonds. The van der Waals surface area contributed by atoms with Crippen molar-refractivity contribution in [3.8, 4) is 0 Å². The predicted molar refractivity (Wildman–Crippen MR) is 142 cm³/mol. The van der Waals surface area contributed by atoms with Gasteiger partial charge in [0.25, 0.3) is 0 Å². The van der Waals surface area contributed by atoms with Crippen molar-refractivity contribution in [1.29, 1.82) is 0 Å². The van der Waals surface area contributed by atoms with Gasteiger partial charge in [0.1, 0.15) is 0 Å². The molecule has 4 heteroatoms. The number of nitrogens with zero attached hydrogens (tertiary/aromatic N) is 1. The van der Waals surface area contributed by atoms with Gasteiger partial charge >= 0.3 is 0 Å². The minimum atomic E-state index is -0.714. The van der Waals surface area contributed by atoms with Crippen molar-refractivity contribution in [2.45, 2.75) is 90.1 Å². The lowest BCUT2D eigenvalue weighted by atomic mass is 9.51. The summed E-state index contributed by atoms with van der Waals surface area (Å²) in [5.41, 5.74) is 6.07. The lowest BCUT2D eigenvalue weighted by Crippen LogP contribution is -2.51. The first-order chi connectivity index (χ1) is 16.8.